The van der Waals surface area contributed by atoms with Crippen molar-refractivity contribution in [2.45, 2.75) is 44.8 Å². The summed E-state index contributed by atoms with van der Waals surface area (Å²) in [5, 5.41) is 0.622. The predicted molar refractivity (Wildman–Crippen MR) is 141 cm³/mol. The fraction of sp³-hybridized carbons (Fsp3) is 0.276. The zero-order chi connectivity index (χ0) is 23.3. The Bertz CT molecular complexity index is 1200. The highest BCUT2D eigenvalue weighted by Gasteiger charge is 2.24. The van der Waals surface area contributed by atoms with Crippen LogP contribution in [0, 0.1) is 5.92 Å². The van der Waals surface area contributed by atoms with Crippen molar-refractivity contribution in [1.29, 1.82) is 0 Å². The molecule has 1 saturated carbocycles. The Hall–Kier alpha value is -2.56. The van der Waals surface area contributed by atoms with Gasteiger partial charge in [0, 0.05) is 40.0 Å². The lowest BCUT2D eigenvalue weighted by atomic mass is 9.91. The summed E-state index contributed by atoms with van der Waals surface area (Å²) >= 11 is 10.5. The number of aromatic nitrogens is 1. The predicted octanol–water partition coefficient (Wildman–Crippen LogP) is 8.21. The quantitative estimate of drug-likeness (QED) is 0.276. The van der Waals surface area contributed by atoms with Crippen LogP contribution in [0.2, 0.25) is 5.02 Å². The van der Waals surface area contributed by atoms with Gasteiger partial charge in [0.05, 0.1) is 5.02 Å². The van der Waals surface area contributed by atoms with E-state index in [4.69, 9.17) is 21.1 Å². The van der Waals surface area contributed by atoms with Crippen molar-refractivity contribution in [3.8, 4) is 11.5 Å². The van der Waals surface area contributed by atoms with Crippen LogP contribution in [0.5, 0.6) is 11.5 Å². The van der Waals surface area contributed by atoms with E-state index in [1.165, 1.54) is 18.4 Å². The van der Waals surface area contributed by atoms with E-state index in [-0.39, 0.29) is 0 Å². The summed E-state index contributed by atoms with van der Waals surface area (Å²) in [5.41, 5.74) is 4.54. The van der Waals surface area contributed by atoms with Crippen LogP contribution in [-0.4, -0.2) is 4.98 Å². The molecule has 0 radical (unpaired) electrons. The van der Waals surface area contributed by atoms with E-state index in [0.29, 0.717) is 29.9 Å². The van der Waals surface area contributed by atoms with Crippen LogP contribution in [0.1, 0.15) is 47.4 Å². The molecule has 1 fully saturated rings. The lowest BCUT2D eigenvalue weighted by Gasteiger charge is -2.19. The molecule has 1 atom stereocenters. The van der Waals surface area contributed by atoms with E-state index in [1.54, 1.807) is 6.20 Å². The van der Waals surface area contributed by atoms with Gasteiger partial charge in [0.15, 0.2) is 0 Å². The molecule has 34 heavy (non-hydrogen) atoms. The number of rotatable bonds is 9. The van der Waals surface area contributed by atoms with Crippen LogP contribution in [0.25, 0.3) is 0 Å². The van der Waals surface area contributed by atoms with Gasteiger partial charge in [-0.1, -0.05) is 76.1 Å². The normalized spacial score (nSPS) is 17.1. The molecule has 2 aromatic carbocycles. The minimum Gasteiger partial charge on any atom is -0.488 e. The molecule has 0 saturated heterocycles. The smallest absolute Gasteiger partial charge is 0.142 e. The molecule has 1 aromatic heterocycles. The molecule has 1 heterocycles. The minimum atomic E-state index is 0.372. The Morgan fingerprint density at radius 1 is 0.971 bits per heavy atom. The Labute approximate surface area is 214 Å². The maximum absolute atomic E-state index is 6.66. The molecule has 0 aliphatic heterocycles. The fourth-order valence-corrected chi connectivity index (χ4v) is 5.14. The van der Waals surface area contributed by atoms with Crippen molar-refractivity contribution in [2.24, 2.45) is 5.92 Å². The Balaban J connectivity index is 1.34. The first-order valence-electron chi connectivity index (χ1n) is 11.7. The number of halogens is 2. The lowest BCUT2D eigenvalue weighted by Crippen LogP contribution is -2.04. The van der Waals surface area contributed by atoms with Gasteiger partial charge in [0.2, 0.25) is 0 Å². The van der Waals surface area contributed by atoms with Gasteiger partial charge in [0.25, 0.3) is 0 Å². The standard InChI is InChI=1S/C29H27BrClNO2/c30-29-23(9-4-10-25(29)22-7-2-1-3-8-22)19-34-28-16-27(33-18-21-6-5-13-32-17-21)24(15-26(28)31)14-20-11-12-20/h1-7,9-10,13,15-17,20,22H,8,11-12,14,18-19H2. The molecule has 0 bridgehead atoms. The van der Waals surface area contributed by atoms with E-state index in [9.17, 15) is 0 Å². The highest BCUT2D eigenvalue weighted by Crippen LogP contribution is 2.40. The number of nitrogens with zero attached hydrogens (tertiary/aromatic N) is 1. The Morgan fingerprint density at radius 2 is 1.85 bits per heavy atom. The number of hydrogen-bond acceptors (Lipinski definition) is 3. The molecule has 5 rings (SSSR count). The number of pyridine rings is 1. The van der Waals surface area contributed by atoms with Crippen molar-refractivity contribution < 1.29 is 9.47 Å². The highest BCUT2D eigenvalue weighted by atomic mass is 79.9. The van der Waals surface area contributed by atoms with E-state index in [2.05, 4.69) is 63.4 Å². The zero-order valence-electron chi connectivity index (χ0n) is 18.9. The highest BCUT2D eigenvalue weighted by molar-refractivity contribution is 9.10. The number of hydrogen-bond donors (Lipinski definition) is 0. The average molecular weight is 537 g/mol. The molecule has 0 amide bonds. The van der Waals surface area contributed by atoms with Gasteiger partial charge < -0.3 is 9.47 Å². The summed E-state index contributed by atoms with van der Waals surface area (Å²) < 4.78 is 13.5. The largest absolute Gasteiger partial charge is 0.488 e. The van der Waals surface area contributed by atoms with E-state index >= 15 is 0 Å². The first-order chi connectivity index (χ1) is 16.7. The minimum absolute atomic E-state index is 0.372. The summed E-state index contributed by atoms with van der Waals surface area (Å²) in [6, 6.07) is 14.3. The van der Waals surface area contributed by atoms with Crippen LogP contribution in [-0.2, 0) is 19.6 Å². The first kappa shape index (κ1) is 23.2. The van der Waals surface area contributed by atoms with E-state index in [1.807, 2.05) is 30.5 Å². The van der Waals surface area contributed by atoms with Crippen LogP contribution >= 0.6 is 27.5 Å². The molecular weight excluding hydrogens is 510 g/mol. The maximum atomic E-state index is 6.66. The van der Waals surface area contributed by atoms with E-state index in [0.717, 1.165) is 45.7 Å². The van der Waals surface area contributed by atoms with Gasteiger partial charge in [0.1, 0.15) is 24.7 Å². The van der Waals surface area contributed by atoms with Gasteiger partial charge in [-0.15, -0.1) is 0 Å². The van der Waals surface area contributed by atoms with Crippen LogP contribution < -0.4 is 9.47 Å². The van der Waals surface area contributed by atoms with Crippen molar-refractivity contribution in [2.75, 3.05) is 0 Å². The second-order valence-corrected chi connectivity index (χ2v) is 10.2. The fourth-order valence-electron chi connectivity index (χ4n) is 4.22. The third kappa shape index (κ3) is 5.73. The summed E-state index contributed by atoms with van der Waals surface area (Å²) in [5.74, 6) is 2.57. The van der Waals surface area contributed by atoms with Gasteiger partial charge >= 0.3 is 0 Å². The molecule has 5 heteroatoms. The molecular formula is C29H27BrClNO2. The van der Waals surface area contributed by atoms with Gasteiger partial charge in [-0.05, 0) is 54.9 Å². The molecule has 3 aromatic rings. The van der Waals surface area contributed by atoms with Gasteiger partial charge in [-0.2, -0.15) is 0 Å². The van der Waals surface area contributed by atoms with E-state index < -0.39 is 0 Å². The SMILES string of the molecule is Clc1cc(CC2CC2)c(OCc2cccnc2)cc1OCc1cccc(C2C=CC=CC2)c1Br. The van der Waals surface area contributed by atoms with Crippen molar-refractivity contribution >= 4 is 27.5 Å². The van der Waals surface area contributed by atoms with Crippen LogP contribution in [0.3, 0.4) is 0 Å². The average Bonchev–Trinajstić information content (AvgIpc) is 3.69. The molecule has 0 spiro atoms. The molecule has 0 N–H and O–H groups in total. The maximum Gasteiger partial charge on any atom is 0.142 e. The summed E-state index contributed by atoms with van der Waals surface area (Å²) in [6.45, 7) is 0.883. The zero-order valence-corrected chi connectivity index (χ0v) is 21.3. The third-order valence-corrected chi connectivity index (χ3v) is 7.57. The van der Waals surface area contributed by atoms with Gasteiger partial charge in [-0.25, -0.2) is 0 Å². The molecule has 174 valence electrons. The van der Waals surface area contributed by atoms with Crippen LogP contribution in [0.4, 0.5) is 0 Å². The third-order valence-electron chi connectivity index (χ3n) is 6.31. The number of ether oxygens (including phenoxy) is 2. The second kappa shape index (κ2) is 10.8. The first-order valence-corrected chi connectivity index (χ1v) is 12.9. The second-order valence-electron chi connectivity index (χ2n) is 8.95. The number of benzene rings is 2. The molecule has 2 aliphatic rings. The van der Waals surface area contributed by atoms with Gasteiger partial charge in [-0.3, -0.25) is 4.98 Å². The molecule has 1 unspecified atom stereocenters. The lowest BCUT2D eigenvalue weighted by molar-refractivity contribution is 0.287. The number of allylic oxidation sites excluding steroid dienone is 4. The topological polar surface area (TPSA) is 31.4 Å². The monoisotopic (exact) mass is 535 g/mol. The van der Waals surface area contributed by atoms with Crippen LogP contribution in [0.15, 0.2) is 83.6 Å². The molecule has 2 aliphatic carbocycles. The summed E-state index contributed by atoms with van der Waals surface area (Å²) in [4.78, 5) is 4.18. The summed E-state index contributed by atoms with van der Waals surface area (Å²) in [7, 11) is 0. The Kier molecular flexibility index (Phi) is 7.36. The summed E-state index contributed by atoms with van der Waals surface area (Å²) in [6.07, 6.45) is 16.8. The molecule has 3 nitrogen and oxygen atoms in total. The van der Waals surface area contributed by atoms with Crippen molar-refractivity contribution in [3.63, 3.8) is 0 Å². The Morgan fingerprint density at radius 3 is 2.62 bits per heavy atom. The van der Waals surface area contributed by atoms with Crippen molar-refractivity contribution in [1.82, 2.24) is 4.98 Å². The van der Waals surface area contributed by atoms with Crippen molar-refractivity contribution in [3.05, 3.63) is 111 Å².